The van der Waals surface area contributed by atoms with Crippen molar-refractivity contribution in [3.8, 4) is 0 Å². The molecule has 0 aliphatic heterocycles. The second-order valence-corrected chi connectivity index (χ2v) is 6.35. The number of hydrogen-bond donors (Lipinski definition) is 2. The standard InChI is InChI=1S/C17H22N2O4/c1-11-5-7-13(22-11)15(20)18-9-17(3,4)10-19-16(21)14-8-6-12(2)23-14/h5-8H,9-10H2,1-4H3,(H,18,20)(H,19,21). The number of hydrogen-bond acceptors (Lipinski definition) is 4. The zero-order valence-electron chi connectivity index (χ0n) is 13.9. The molecule has 2 amide bonds. The minimum absolute atomic E-state index is 0.265. The Morgan fingerprint density at radius 3 is 1.57 bits per heavy atom. The van der Waals surface area contributed by atoms with Crippen molar-refractivity contribution in [1.29, 1.82) is 0 Å². The molecule has 6 heteroatoms. The fourth-order valence-corrected chi connectivity index (χ4v) is 1.99. The van der Waals surface area contributed by atoms with Gasteiger partial charge in [0.25, 0.3) is 11.8 Å². The van der Waals surface area contributed by atoms with Gasteiger partial charge in [-0.2, -0.15) is 0 Å². The molecule has 124 valence electrons. The summed E-state index contributed by atoms with van der Waals surface area (Å²) in [4.78, 5) is 23.9. The number of aryl methyl sites for hydroxylation is 2. The molecule has 0 aromatic carbocycles. The third kappa shape index (κ3) is 4.74. The van der Waals surface area contributed by atoms with Crippen LogP contribution in [0, 0.1) is 19.3 Å². The van der Waals surface area contributed by atoms with Crippen molar-refractivity contribution in [1.82, 2.24) is 10.6 Å². The van der Waals surface area contributed by atoms with Crippen LogP contribution in [0.15, 0.2) is 33.1 Å². The van der Waals surface area contributed by atoms with Crippen LogP contribution in [0.4, 0.5) is 0 Å². The zero-order chi connectivity index (χ0) is 17.0. The van der Waals surface area contributed by atoms with Crippen molar-refractivity contribution in [2.75, 3.05) is 13.1 Å². The lowest BCUT2D eigenvalue weighted by atomic mass is 9.93. The monoisotopic (exact) mass is 318 g/mol. The lowest BCUT2D eigenvalue weighted by Gasteiger charge is -2.24. The van der Waals surface area contributed by atoms with Gasteiger partial charge in [-0.15, -0.1) is 0 Å². The van der Waals surface area contributed by atoms with Crippen molar-refractivity contribution in [3.63, 3.8) is 0 Å². The molecule has 0 radical (unpaired) electrons. The Morgan fingerprint density at radius 2 is 1.26 bits per heavy atom. The van der Waals surface area contributed by atoms with Gasteiger partial charge in [0.1, 0.15) is 11.5 Å². The number of furan rings is 2. The average molecular weight is 318 g/mol. The van der Waals surface area contributed by atoms with Crippen LogP contribution in [0.3, 0.4) is 0 Å². The molecular weight excluding hydrogens is 296 g/mol. The molecule has 2 aromatic heterocycles. The van der Waals surface area contributed by atoms with Crippen LogP contribution in [0.2, 0.25) is 0 Å². The number of nitrogens with one attached hydrogen (secondary N) is 2. The Labute approximate surface area is 135 Å². The highest BCUT2D eigenvalue weighted by atomic mass is 16.4. The van der Waals surface area contributed by atoms with Crippen LogP contribution in [-0.2, 0) is 0 Å². The van der Waals surface area contributed by atoms with Gasteiger partial charge < -0.3 is 19.5 Å². The molecule has 0 fully saturated rings. The number of carbonyl (C=O) groups excluding carboxylic acids is 2. The lowest BCUT2D eigenvalue weighted by Crippen LogP contribution is -2.41. The normalized spacial score (nSPS) is 11.3. The summed E-state index contributed by atoms with van der Waals surface area (Å²) in [5, 5.41) is 5.63. The minimum Gasteiger partial charge on any atom is -0.456 e. The first-order chi connectivity index (χ1) is 10.8. The molecule has 2 rings (SSSR count). The van der Waals surface area contributed by atoms with Crippen molar-refractivity contribution in [2.24, 2.45) is 5.41 Å². The van der Waals surface area contributed by atoms with Gasteiger partial charge in [0.15, 0.2) is 11.5 Å². The van der Waals surface area contributed by atoms with Gasteiger partial charge in [0, 0.05) is 13.1 Å². The molecular formula is C17H22N2O4. The van der Waals surface area contributed by atoms with Crippen LogP contribution < -0.4 is 10.6 Å². The highest BCUT2D eigenvalue weighted by Crippen LogP contribution is 2.14. The summed E-state index contributed by atoms with van der Waals surface area (Å²) in [6, 6.07) is 6.76. The summed E-state index contributed by atoms with van der Waals surface area (Å²) in [5.74, 6) is 1.42. The Hall–Kier alpha value is -2.50. The highest BCUT2D eigenvalue weighted by molar-refractivity contribution is 5.92. The van der Waals surface area contributed by atoms with E-state index in [0.717, 1.165) is 0 Å². The van der Waals surface area contributed by atoms with Crippen LogP contribution in [0.25, 0.3) is 0 Å². The molecule has 0 unspecified atom stereocenters. The van der Waals surface area contributed by atoms with Gasteiger partial charge >= 0.3 is 0 Å². The van der Waals surface area contributed by atoms with E-state index in [9.17, 15) is 9.59 Å². The molecule has 0 saturated carbocycles. The fraction of sp³-hybridized carbons (Fsp3) is 0.412. The first kappa shape index (κ1) is 16.9. The third-order valence-corrected chi connectivity index (χ3v) is 3.38. The molecule has 0 spiro atoms. The first-order valence-electron chi connectivity index (χ1n) is 7.46. The van der Waals surface area contributed by atoms with Crippen LogP contribution >= 0.6 is 0 Å². The predicted molar refractivity (Wildman–Crippen MR) is 85.3 cm³/mol. The van der Waals surface area contributed by atoms with Crippen LogP contribution in [0.5, 0.6) is 0 Å². The number of carbonyl (C=O) groups is 2. The van der Waals surface area contributed by atoms with E-state index in [1.54, 1.807) is 38.1 Å². The Balaban J connectivity index is 1.82. The topological polar surface area (TPSA) is 84.5 Å². The molecule has 0 aliphatic carbocycles. The molecule has 2 aromatic rings. The smallest absolute Gasteiger partial charge is 0.287 e. The minimum atomic E-state index is -0.311. The van der Waals surface area contributed by atoms with Crippen LogP contribution in [0.1, 0.15) is 46.5 Å². The molecule has 6 nitrogen and oxygen atoms in total. The molecule has 0 atom stereocenters. The summed E-state index contributed by atoms with van der Waals surface area (Å²) in [7, 11) is 0. The van der Waals surface area contributed by atoms with Gasteiger partial charge in [-0.25, -0.2) is 0 Å². The maximum Gasteiger partial charge on any atom is 0.287 e. The average Bonchev–Trinajstić information content (AvgIpc) is 3.11. The van der Waals surface area contributed by atoms with Crippen molar-refractivity contribution >= 4 is 11.8 Å². The van der Waals surface area contributed by atoms with Gasteiger partial charge in [0.05, 0.1) is 0 Å². The van der Waals surface area contributed by atoms with E-state index < -0.39 is 0 Å². The second-order valence-electron chi connectivity index (χ2n) is 6.35. The van der Waals surface area contributed by atoms with E-state index in [-0.39, 0.29) is 28.7 Å². The zero-order valence-corrected chi connectivity index (χ0v) is 13.9. The summed E-state index contributed by atoms with van der Waals surface area (Å²) in [6.07, 6.45) is 0. The predicted octanol–water partition coefficient (Wildman–Crippen LogP) is 2.68. The Bertz CT molecular complexity index is 639. The summed E-state index contributed by atoms with van der Waals surface area (Å²) in [5.41, 5.74) is -0.311. The molecule has 0 saturated heterocycles. The van der Waals surface area contributed by atoms with Crippen molar-refractivity contribution in [2.45, 2.75) is 27.7 Å². The SMILES string of the molecule is Cc1ccc(C(=O)NCC(C)(C)CNC(=O)c2ccc(C)o2)o1. The third-order valence-electron chi connectivity index (χ3n) is 3.38. The largest absolute Gasteiger partial charge is 0.456 e. The first-order valence-corrected chi connectivity index (χ1v) is 7.46. The van der Waals surface area contributed by atoms with E-state index in [1.807, 2.05) is 13.8 Å². The molecule has 0 aliphatic rings. The summed E-state index contributed by atoms with van der Waals surface area (Å²) >= 11 is 0. The number of rotatable bonds is 6. The molecule has 0 bridgehead atoms. The van der Waals surface area contributed by atoms with E-state index in [4.69, 9.17) is 8.83 Å². The van der Waals surface area contributed by atoms with Crippen molar-refractivity contribution < 1.29 is 18.4 Å². The fourth-order valence-electron chi connectivity index (χ4n) is 1.99. The van der Waals surface area contributed by atoms with E-state index in [0.29, 0.717) is 24.6 Å². The molecule has 2 N–H and O–H groups in total. The van der Waals surface area contributed by atoms with Crippen LogP contribution in [-0.4, -0.2) is 24.9 Å². The van der Waals surface area contributed by atoms with E-state index in [2.05, 4.69) is 10.6 Å². The van der Waals surface area contributed by atoms with Gasteiger partial charge in [-0.05, 0) is 43.5 Å². The summed E-state index contributed by atoms with van der Waals surface area (Å²) < 4.78 is 10.5. The highest BCUT2D eigenvalue weighted by Gasteiger charge is 2.22. The number of amides is 2. The van der Waals surface area contributed by atoms with Crippen molar-refractivity contribution in [3.05, 3.63) is 47.3 Å². The van der Waals surface area contributed by atoms with Gasteiger partial charge in [0.2, 0.25) is 0 Å². The molecule has 2 heterocycles. The molecule has 23 heavy (non-hydrogen) atoms. The van der Waals surface area contributed by atoms with Gasteiger partial charge in [-0.1, -0.05) is 13.8 Å². The quantitative estimate of drug-likeness (QED) is 0.857. The van der Waals surface area contributed by atoms with E-state index in [1.165, 1.54) is 0 Å². The second kappa shape index (κ2) is 6.73. The lowest BCUT2D eigenvalue weighted by molar-refractivity contribution is 0.0889. The van der Waals surface area contributed by atoms with E-state index >= 15 is 0 Å². The maximum absolute atomic E-state index is 12.0. The summed E-state index contributed by atoms with van der Waals surface area (Å²) in [6.45, 7) is 8.29. The Kier molecular flexibility index (Phi) is 4.93. The Morgan fingerprint density at radius 1 is 0.870 bits per heavy atom. The van der Waals surface area contributed by atoms with Gasteiger partial charge in [-0.3, -0.25) is 9.59 Å². The maximum atomic E-state index is 12.0.